The molecule has 2 fully saturated rings. The van der Waals surface area contributed by atoms with Crippen LogP contribution in [0.2, 0.25) is 0 Å². The van der Waals surface area contributed by atoms with Crippen molar-refractivity contribution in [3.8, 4) is 0 Å². The standard InChI is InChI=1S/C20H25N10O8PS/c21-15-17-23-3-10(30(17)26-7-24-15)12-1-11(32)13(37-12)5-36-39(34,40)38-20(2-9(4-31)35-6-20)29-8-25-14-16(29)27-19(22)28-18(14)33/h3,7-9,11-13,31-32H,1-2,4-6H2,(H,34,40)(H2,21,24,26)(H3,22,27,28,33)/t9-,11-,12+,13+,20+,39?/m0/s1. The molecule has 2 aliphatic heterocycles. The van der Waals surface area contributed by atoms with Crippen molar-refractivity contribution in [2.45, 2.75) is 43.0 Å². The van der Waals surface area contributed by atoms with Gasteiger partial charge in [-0.15, -0.1) is 0 Å². The minimum Gasteiger partial charge on any atom is -0.394 e. The minimum atomic E-state index is -4.06. The van der Waals surface area contributed by atoms with E-state index in [0.29, 0.717) is 11.3 Å². The fraction of sp³-hybridized carbons (Fsp3) is 0.500. The van der Waals surface area contributed by atoms with Gasteiger partial charge in [0.2, 0.25) is 5.95 Å². The fourth-order valence-electron chi connectivity index (χ4n) is 4.89. The van der Waals surface area contributed by atoms with Crippen LogP contribution in [0.3, 0.4) is 0 Å². The monoisotopic (exact) mass is 596 g/mol. The predicted octanol–water partition coefficient (Wildman–Crippen LogP) is -1.70. The van der Waals surface area contributed by atoms with Gasteiger partial charge < -0.3 is 40.6 Å². The molecule has 1 unspecified atom stereocenters. The molecule has 0 aromatic carbocycles. The molecule has 214 valence electrons. The summed E-state index contributed by atoms with van der Waals surface area (Å²) in [5, 5.41) is 24.5. The van der Waals surface area contributed by atoms with Crippen molar-refractivity contribution in [1.82, 2.24) is 39.1 Å². The number of aliphatic hydroxyl groups excluding tert-OH is 2. The lowest BCUT2D eigenvalue weighted by Crippen LogP contribution is -2.37. The Bertz CT molecular complexity index is 1680. The van der Waals surface area contributed by atoms with Gasteiger partial charge in [-0.2, -0.15) is 10.1 Å². The second-order valence-corrected chi connectivity index (χ2v) is 12.2. The highest BCUT2D eigenvalue weighted by molar-refractivity contribution is 8.07. The summed E-state index contributed by atoms with van der Waals surface area (Å²) in [5.41, 5.74) is 10.4. The Morgan fingerprint density at radius 1 is 1.30 bits per heavy atom. The van der Waals surface area contributed by atoms with Gasteiger partial charge in [-0.3, -0.25) is 18.9 Å². The summed E-state index contributed by atoms with van der Waals surface area (Å²) in [6.45, 7) is -4.89. The van der Waals surface area contributed by atoms with Crippen molar-refractivity contribution < 1.29 is 33.6 Å². The first-order valence-corrected chi connectivity index (χ1v) is 14.6. The van der Waals surface area contributed by atoms with E-state index < -0.39 is 42.4 Å². The van der Waals surface area contributed by atoms with E-state index in [1.165, 1.54) is 27.9 Å². The first-order valence-electron chi connectivity index (χ1n) is 12.0. The molecule has 0 aliphatic carbocycles. The molecular formula is C20H25N10O8PS. The lowest BCUT2D eigenvalue weighted by molar-refractivity contribution is -0.0495. The second kappa shape index (κ2) is 10.1. The number of aromatic amines is 1. The van der Waals surface area contributed by atoms with Crippen molar-refractivity contribution in [2.24, 2.45) is 0 Å². The number of fused-ring (bicyclic) bond motifs is 2. The Kier molecular flexibility index (Phi) is 6.80. The maximum atomic E-state index is 12.3. The van der Waals surface area contributed by atoms with Gasteiger partial charge in [-0.05, 0) is 11.8 Å². The van der Waals surface area contributed by atoms with Gasteiger partial charge in [0.1, 0.15) is 18.5 Å². The number of nitrogens with two attached hydrogens (primary N) is 2. The number of rotatable bonds is 8. The smallest absolute Gasteiger partial charge is 0.326 e. The van der Waals surface area contributed by atoms with Crippen LogP contribution in [0.15, 0.2) is 23.6 Å². The van der Waals surface area contributed by atoms with E-state index in [9.17, 15) is 19.9 Å². The molecule has 0 saturated carbocycles. The van der Waals surface area contributed by atoms with Gasteiger partial charge in [-0.25, -0.2) is 19.5 Å². The van der Waals surface area contributed by atoms with Crippen LogP contribution in [0.4, 0.5) is 11.8 Å². The van der Waals surface area contributed by atoms with Gasteiger partial charge in [-0.1, -0.05) is 0 Å². The molecule has 40 heavy (non-hydrogen) atoms. The maximum Gasteiger partial charge on any atom is 0.326 e. The number of nitrogen functional groups attached to an aromatic ring is 2. The largest absolute Gasteiger partial charge is 0.394 e. The average molecular weight is 597 g/mol. The average Bonchev–Trinajstić information content (AvgIpc) is 3.68. The van der Waals surface area contributed by atoms with E-state index >= 15 is 0 Å². The number of imidazole rings is 2. The summed E-state index contributed by atoms with van der Waals surface area (Å²) in [4.78, 5) is 42.1. The molecule has 8 N–H and O–H groups in total. The molecule has 6 rings (SSSR count). The van der Waals surface area contributed by atoms with Crippen LogP contribution in [-0.2, 0) is 36.1 Å². The Hall–Kier alpha value is -3.13. The van der Waals surface area contributed by atoms with Crippen LogP contribution < -0.4 is 17.0 Å². The number of aliphatic hydroxyl groups is 2. The Balaban J connectivity index is 1.21. The molecule has 0 spiro atoms. The number of ether oxygens (including phenoxy) is 2. The van der Waals surface area contributed by atoms with E-state index in [2.05, 4.69) is 30.0 Å². The van der Waals surface area contributed by atoms with Crippen molar-refractivity contribution in [1.29, 1.82) is 0 Å². The third-order valence-electron chi connectivity index (χ3n) is 6.76. The topological polar surface area (TPSA) is 256 Å². The van der Waals surface area contributed by atoms with E-state index in [1.807, 2.05) is 0 Å². The first-order chi connectivity index (χ1) is 19.1. The number of aromatic nitrogens is 8. The summed E-state index contributed by atoms with van der Waals surface area (Å²) in [7, 11) is 0. The van der Waals surface area contributed by atoms with Gasteiger partial charge in [0.05, 0.1) is 50.2 Å². The third-order valence-corrected chi connectivity index (χ3v) is 8.34. The molecule has 20 heteroatoms. The van der Waals surface area contributed by atoms with E-state index in [-0.39, 0.29) is 55.6 Å². The van der Waals surface area contributed by atoms with Crippen molar-refractivity contribution in [2.75, 3.05) is 31.3 Å². The zero-order chi connectivity index (χ0) is 28.2. The van der Waals surface area contributed by atoms with Crippen LogP contribution in [0.25, 0.3) is 16.8 Å². The Morgan fingerprint density at radius 3 is 2.90 bits per heavy atom. The highest BCUT2D eigenvalue weighted by atomic mass is 32.5. The molecule has 4 aromatic heterocycles. The molecule has 0 bridgehead atoms. The van der Waals surface area contributed by atoms with Crippen molar-refractivity contribution in [3.05, 3.63) is 34.9 Å². The Labute approximate surface area is 229 Å². The third kappa shape index (κ3) is 4.74. The summed E-state index contributed by atoms with van der Waals surface area (Å²) in [6.07, 6.45) is 1.20. The quantitative estimate of drug-likeness (QED) is 0.124. The van der Waals surface area contributed by atoms with Crippen LogP contribution in [-0.4, -0.2) is 92.3 Å². The molecular weight excluding hydrogens is 571 g/mol. The number of hydrogen-bond donors (Lipinski definition) is 6. The van der Waals surface area contributed by atoms with E-state index in [0.717, 1.165) is 0 Å². The molecule has 2 saturated heterocycles. The molecule has 6 heterocycles. The molecule has 0 radical (unpaired) electrons. The highest BCUT2D eigenvalue weighted by Gasteiger charge is 2.48. The van der Waals surface area contributed by atoms with Crippen molar-refractivity contribution in [3.63, 3.8) is 0 Å². The maximum absolute atomic E-state index is 12.3. The summed E-state index contributed by atoms with van der Waals surface area (Å²) in [5.74, 6) is 0.0352. The molecule has 0 amide bonds. The lowest BCUT2D eigenvalue weighted by atomic mass is 10.1. The molecule has 2 aliphatic rings. The normalized spacial score (nSPS) is 28.5. The van der Waals surface area contributed by atoms with E-state index in [4.69, 9.17) is 41.8 Å². The summed E-state index contributed by atoms with van der Waals surface area (Å²) in [6, 6.07) is 0. The van der Waals surface area contributed by atoms with Gasteiger partial charge >= 0.3 is 6.72 Å². The minimum absolute atomic E-state index is 0.0234. The van der Waals surface area contributed by atoms with Gasteiger partial charge in [0, 0.05) is 12.8 Å². The SMILES string of the molecule is Nc1nc2c(ncn2[C@]2(OP(O)(=S)OC[C@H]3O[C@@H](c4cnc5c(N)ncnn45)C[C@@H]3O)CO[C@H](CO)C2)c(=O)[nH]1. The van der Waals surface area contributed by atoms with E-state index in [1.54, 1.807) is 0 Å². The predicted molar refractivity (Wildman–Crippen MR) is 139 cm³/mol. The zero-order valence-corrected chi connectivity index (χ0v) is 22.3. The van der Waals surface area contributed by atoms with Crippen LogP contribution >= 0.6 is 6.72 Å². The number of nitrogens with one attached hydrogen (secondary N) is 1. The number of hydrogen-bond acceptors (Lipinski definition) is 15. The van der Waals surface area contributed by atoms with Crippen LogP contribution in [0.1, 0.15) is 24.6 Å². The number of nitrogens with zero attached hydrogens (tertiary/aromatic N) is 7. The Morgan fingerprint density at radius 2 is 2.12 bits per heavy atom. The summed E-state index contributed by atoms with van der Waals surface area (Å²) >= 11 is 5.31. The number of H-pyrrole nitrogens is 1. The van der Waals surface area contributed by atoms with Crippen LogP contribution in [0, 0.1) is 0 Å². The number of anilines is 2. The molecule has 18 nitrogen and oxygen atoms in total. The van der Waals surface area contributed by atoms with Crippen LogP contribution in [0.5, 0.6) is 0 Å². The highest BCUT2D eigenvalue weighted by Crippen LogP contribution is 2.53. The lowest BCUT2D eigenvalue weighted by Gasteiger charge is -2.33. The zero-order valence-electron chi connectivity index (χ0n) is 20.6. The first kappa shape index (κ1) is 27.1. The second-order valence-electron chi connectivity index (χ2n) is 9.39. The van der Waals surface area contributed by atoms with Gasteiger partial charge in [0.25, 0.3) is 5.56 Å². The molecule has 4 aromatic rings. The fourth-order valence-corrected chi connectivity index (χ4v) is 6.52. The summed E-state index contributed by atoms with van der Waals surface area (Å²) < 4.78 is 26.1. The van der Waals surface area contributed by atoms with Gasteiger partial charge in [0.15, 0.2) is 28.4 Å². The molecule has 6 atom stereocenters. The van der Waals surface area contributed by atoms with Crippen molar-refractivity contribution >= 4 is 47.1 Å².